The zero-order valence-corrected chi connectivity index (χ0v) is 21.7. The number of aryl methyl sites for hydroxylation is 1. The smallest absolute Gasteiger partial charge is 0.339 e. The number of carboxylic acids is 1. The molecule has 202 valence electrons. The SMILES string of the molecule is CC1=CC(=O)C2=C(C1=O)[C@@H](c1ccc(O)c(C)c1)C1=CC[C@@H]3C(=O)N(c4ccc(C(=O)O)c(O)c4)C(=O)[C@@H]3[C@@H]1C2. The monoisotopic (exact) mass is 539 g/mol. The Hall–Kier alpha value is -4.79. The van der Waals surface area contributed by atoms with Gasteiger partial charge >= 0.3 is 5.97 Å². The molecule has 3 aliphatic carbocycles. The maximum absolute atomic E-state index is 13.9. The van der Waals surface area contributed by atoms with Crippen LogP contribution >= 0.6 is 0 Å². The number of amides is 2. The lowest BCUT2D eigenvalue weighted by atomic mass is 9.59. The second kappa shape index (κ2) is 8.87. The predicted molar refractivity (Wildman–Crippen MR) is 142 cm³/mol. The van der Waals surface area contributed by atoms with Crippen molar-refractivity contribution >= 4 is 35.0 Å². The zero-order valence-electron chi connectivity index (χ0n) is 21.7. The molecule has 4 aliphatic rings. The number of ketones is 2. The summed E-state index contributed by atoms with van der Waals surface area (Å²) in [4.78, 5) is 66.4. The van der Waals surface area contributed by atoms with Gasteiger partial charge in [-0.25, -0.2) is 9.69 Å². The van der Waals surface area contributed by atoms with Gasteiger partial charge in [-0.1, -0.05) is 23.8 Å². The van der Waals surface area contributed by atoms with Crippen LogP contribution in [-0.4, -0.2) is 44.7 Å². The first-order chi connectivity index (χ1) is 19.0. The Morgan fingerprint density at radius 2 is 1.68 bits per heavy atom. The second-order valence-electron chi connectivity index (χ2n) is 10.8. The van der Waals surface area contributed by atoms with Gasteiger partial charge < -0.3 is 15.3 Å². The molecule has 9 nitrogen and oxygen atoms in total. The Kier molecular flexibility index (Phi) is 5.65. The number of carbonyl (C=O) groups is 5. The van der Waals surface area contributed by atoms with Crippen LogP contribution in [0.3, 0.4) is 0 Å². The maximum atomic E-state index is 13.9. The van der Waals surface area contributed by atoms with Crippen LogP contribution in [0.5, 0.6) is 11.5 Å². The number of Topliss-reactive ketones (excluding diaryl/α,β-unsaturated/α-hetero) is 1. The standard InChI is InChI=1S/C31H25NO8/c1-13-9-15(3-8-22(13)33)25-17-6-7-19-26(20(17)12-21-23(34)10-14(2)28(36)27(21)25)30(38)32(29(19)37)16-4-5-18(31(39)40)24(35)11-16/h3-6,8-11,19-20,25-26,33,35H,7,12H2,1-2H3,(H,39,40)/t19-,20+,25-,26-/m0/s1. The van der Waals surface area contributed by atoms with E-state index in [9.17, 15) is 39.3 Å². The minimum atomic E-state index is -1.34. The molecular weight excluding hydrogens is 514 g/mol. The number of nitrogens with zero attached hydrogens (tertiary/aromatic N) is 1. The number of fused-ring (bicyclic) bond motifs is 3. The lowest BCUT2D eigenvalue weighted by Crippen LogP contribution is -2.39. The van der Waals surface area contributed by atoms with Crippen LogP contribution in [0.25, 0.3) is 0 Å². The quantitative estimate of drug-likeness (QED) is 0.303. The molecule has 0 saturated carbocycles. The number of hydrogen-bond acceptors (Lipinski definition) is 7. The molecule has 0 radical (unpaired) electrons. The lowest BCUT2D eigenvalue weighted by Gasteiger charge is -2.42. The third kappa shape index (κ3) is 3.57. The molecule has 1 fully saturated rings. The summed E-state index contributed by atoms with van der Waals surface area (Å²) in [7, 11) is 0. The van der Waals surface area contributed by atoms with E-state index in [4.69, 9.17) is 0 Å². The fourth-order valence-corrected chi connectivity index (χ4v) is 6.69. The van der Waals surface area contributed by atoms with Gasteiger partial charge in [0.15, 0.2) is 11.6 Å². The van der Waals surface area contributed by atoms with Crippen LogP contribution in [0.1, 0.15) is 47.2 Å². The van der Waals surface area contributed by atoms with Crippen LogP contribution in [0.2, 0.25) is 0 Å². The summed E-state index contributed by atoms with van der Waals surface area (Å²) in [6, 6.07) is 8.56. The Morgan fingerprint density at radius 3 is 2.35 bits per heavy atom. The highest BCUT2D eigenvalue weighted by atomic mass is 16.4. The topological polar surface area (TPSA) is 149 Å². The van der Waals surface area contributed by atoms with Crippen molar-refractivity contribution in [3.05, 3.63) is 87.5 Å². The van der Waals surface area contributed by atoms with Crippen molar-refractivity contribution in [1.82, 2.24) is 0 Å². The summed E-state index contributed by atoms with van der Waals surface area (Å²) < 4.78 is 0. The molecule has 1 heterocycles. The number of imide groups is 1. The van der Waals surface area contributed by atoms with Crippen LogP contribution in [0, 0.1) is 24.7 Å². The van der Waals surface area contributed by atoms with Crippen molar-refractivity contribution in [3.8, 4) is 11.5 Å². The normalized spacial score (nSPS) is 25.8. The molecule has 0 bridgehead atoms. The summed E-state index contributed by atoms with van der Waals surface area (Å²) in [5.41, 5.74) is 2.84. The molecule has 9 heteroatoms. The van der Waals surface area contributed by atoms with Crippen molar-refractivity contribution in [1.29, 1.82) is 0 Å². The molecule has 6 rings (SSSR count). The summed E-state index contributed by atoms with van der Waals surface area (Å²) in [6.45, 7) is 3.34. The highest BCUT2D eigenvalue weighted by Gasteiger charge is 2.56. The Morgan fingerprint density at radius 1 is 0.925 bits per heavy atom. The van der Waals surface area contributed by atoms with E-state index in [2.05, 4.69) is 0 Å². The van der Waals surface area contributed by atoms with E-state index in [1.165, 1.54) is 18.2 Å². The summed E-state index contributed by atoms with van der Waals surface area (Å²) >= 11 is 0. The molecule has 2 aromatic carbocycles. The summed E-state index contributed by atoms with van der Waals surface area (Å²) in [6.07, 6.45) is 3.58. The molecule has 0 unspecified atom stereocenters. The lowest BCUT2D eigenvalue weighted by molar-refractivity contribution is -0.123. The number of benzene rings is 2. The number of anilines is 1. The number of carbonyl (C=O) groups excluding carboxylic acids is 4. The molecule has 3 N–H and O–H groups in total. The largest absolute Gasteiger partial charge is 0.508 e. The van der Waals surface area contributed by atoms with Gasteiger partial charge in [-0.15, -0.1) is 0 Å². The summed E-state index contributed by atoms with van der Waals surface area (Å²) in [5, 5.41) is 29.6. The van der Waals surface area contributed by atoms with Crippen LogP contribution in [-0.2, 0) is 19.2 Å². The molecular formula is C31H25NO8. The molecule has 40 heavy (non-hydrogen) atoms. The van der Waals surface area contributed by atoms with Crippen molar-refractivity contribution in [2.24, 2.45) is 17.8 Å². The molecule has 2 amide bonds. The molecule has 4 atom stereocenters. The van der Waals surface area contributed by atoms with Gasteiger partial charge in [0, 0.05) is 28.7 Å². The molecule has 0 aromatic heterocycles. The highest BCUT2D eigenvalue weighted by molar-refractivity contribution is 6.25. The van der Waals surface area contributed by atoms with Crippen LogP contribution in [0.15, 0.2) is 70.8 Å². The Labute approximate surface area is 228 Å². The van der Waals surface area contributed by atoms with Crippen molar-refractivity contribution < 1.29 is 39.3 Å². The van der Waals surface area contributed by atoms with Gasteiger partial charge in [0.2, 0.25) is 11.8 Å². The first-order valence-electron chi connectivity index (χ1n) is 12.9. The van der Waals surface area contributed by atoms with Gasteiger partial charge in [-0.2, -0.15) is 0 Å². The van der Waals surface area contributed by atoms with E-state index < -0.39 is 47.2 Å². The van der Waals surface area contributed by atoms with Gasteiger partial charge in [-0.3, -0.25) is 19.2 Å². The fourth-order valence-electron chi connectivity index (χ4n) is 6.69. The first kappa shape index (κ1) is 25.5. The predicted octanol–water partition coefficient (Wildman–Crippen LogP) is 3.74. The number of phenolic OH excluding ortho intramolecular Hbond substituents is 1. The molecule has 2 aromatic rings. The van der Waals surface area contributed by atoms with E-state index >= 15 is 0 Å². The fraction of sp³-hybridized carbons (Fsp3) is 0.258. The number of allylic oxidation sites excluding steroid dienone is 6. The third-order valence-electron chi connectivity index (χ3n) is 8.59. The molecule has 0 spiro atoms. The van der Waals surface area contributed by atoms with Gasteiger partial charge in [0.05, 0.1) is 17.5 Å². The number of hydrogen-bond donors (Lipinski definition) is 3. The average Bonchev–Trinajstić information content (AvgIpc) is 3.17. The minimum Gasteiger partial charge on any atom is -0.508 e. The van der Waals surface area contributed by atoms with E-state index in [0.29, 0.717) is 27.8 Å². The van der Waals surface area contributed by atoms with E-state index in [1.807, 2.05) is 6.08 Å². The zero-order chi connectivity index (χ0) is 28.6. The summed E-state index contributed by atoms with van der Waals surface area (Å²) in [5.74, 6) is -5.99. The van der Waals surface area contributed by atoms with Crippen molar-refractivity contribution in [3.63, 3.8) is 0 Å². The third-order valence-corrected chi connectivity index (χ3v) is 8.59. The Bertz CT molecular complexity index is 1680. The van der Waals surface area contributed by atoms with Gasteiger partial charge in [0.1, 0.15) is 17.1 Å². The first-order valence-corrected chi connectivity index (χ1v) is 12.9. The number of rotatable bonds is 3. The van der Waals surface area contributed by atoms with E-state index in [1.54, 1.807) is 26.0 Å². The van der Waals surface area contributed by atoms with Crippen molar-refractivity contribution in [2.75, 3.05) is 4.90 Å². The average molecular weight is 540 g/mol. The highest BCUT2D eigenvalue weighted by Crippen LogP contribution is 2.55. The molecule has 1 aliphatic heterocycles. The van der Waals surface area contributed by atoms with Crippen molar-refractivity contribution in [2.45, 2.75) is 32.6 Å². The molecule has 1 saturated heterocycles. The minimum absolute atomic E-state index is 0.0670. The Balaban J connectivity index is 1.46. The number of carboxylic acid groups (broad SMARTS) is 1. The number of aromatic carboxylic acids is 1. The van der Waals surface area contributed by atoms with Gasteiger partial charge in [0.25, 0.3) is 0 Å². The van der Waals surface area contributed by atoms with Gasteiger partial charge in [-0.05, 0) is 68.0 Å². The van der Waals surface area contributed by atoms with E-state index in [0.717, 1.165) is 22.6 Å². The second-order valence-corrected chi connectivity index (χ2v) is 10.8. The number of aromatic hydroxyl groups is 2. The van der Waals surface area contributed by atoms with Crippen LogP contribution in [0.4, 0.5) is 5.69 Å². The van der Waals surface area contributed by atoms with Crippen LogP contribution < -0.4 is 4.90 Å². The van der Waals surface area contributed by atoms with E-state index in [-0.39, 0.29) is 41.4 Å². The maximum Gasteiger partial charge on any atom is 0.339 e. The number of phenols is 2.